The highest BCUT2D eigenvalue weighted by molar-refractivity contribution is 7.85. The molecule has 0 aromatic heterocycles. The van der Waals surface area contributed by atoms with Gasteiger partial charge in [0.25, 0.3) is 0 Å². The molecule has 1 aromatic carbocycles. The summed E-state index contributed by atoms with van der Waals surface area (Å²) in [6.07, 6.45) is 0. The van der Waals surface area contributed by atoms with Crippen molar-refractivity contribution >= 4 is 10.8 Å². The summed E-state index contributed by atoms with van der Waals surface area (Å²) < 4.78 is 24.6. The zero-order valence-corrected chi connectivity index (χ0v) is 10.4. The van der Waals surface area contributed by atoms with Crippen molar-refractivity contribution < 1.29 is 8.60 Å². The van der Waals surface area contributed by atoms with Crippen molar-refractivity contribution in [1.29, 1.82) is 5.26 Å². The first-order chi connectivity index (χ1) is 7.34. The van der Waals surface area contributed by atoms with Crippen LogP contribution in [0.4, 0.5) is 4.39 Å². The van der Waals surface area contributed by atoms with Crippen molar-refractivity contribution in [2.24, 2.45) is 0 Å². The van der Waals surface area contributed by atoms with Crippen LogP contribution >= 0.6 is 0 Å². The lowest BCUT2D eigenvalue weighted by molar-refractivity contribution is 0.623. The summed E-state index contributed by atoms with van der Waals surface area (Å²) in [5.74, 6) is -0.189. The fourth-order valence-corrected chi connectivity index (χ4v) is 2.03. The van der Waals surface area contributed by atoms with Crippen molar-refractivity contribution in [2.45, 2.75) is 31.3 Å². The molecule has 0 spiro atoms. The molecule has 0 saturated heterocycles. The Balaban J connectivity index is 2.92. The lowest BCUT2D eigenvalue weighted by Crippen LogP contribution is -2.22. The minimum atomic E-state index is -1.04. The van der Waals surface area contributed by atoms with Crippen molar-refractivity contribution in [3.05, 3.63) is 35.1 Å². The van der Waals surface area contributed by atoms with Crippen molar-refractivity contribution in [3.8, 4) is 6.07 Å². The second-order valence-electron chi connectivity index (χ2n) is 4.53. The highest BCUT2D eigenvalue weighted by atomic mass is 32.2. The van der Waals surface area contributed by atoms with E-state index in [1.54, 1.807) is 12.1 Å². The second kappa shape index (κ2) is 4.75. The van der Waals surface area contributed by atoms with Crippen LogP contribution in [0.15, 0.2) is 18.2 Å². The number of hydrogen-bond acceptors (Lipinski definition) is 2. The monoisotopic (exact) mass is 239 g/mol. The van der Waals surface area contributed by atoms with E-state index in [1.807, 2.05) is 20.8 Å². The van der Waals surface area contributed by atoms with Gasteiger partial charge in [0.1, 0.15) is 11.9 Å². The van der Waals surface area contributed by atoms with E-state index in [0.29, 0.717) is 5.75 Å². The first kappa shape index (κ1) is 12.9. The molecule has 0 radical (unpaired) electrons. The Labute approximate surface area is 97.6 Å². The molecule has 0 aliphatic heterocycles. The topological polar surface area (TPSA) is 40.9 Å². The summed E-state index contributed by atoms with van der Waals surface area (Å²) in [7, 11) is -1.04. The predicted molar refractivity (Wildman–Crippen MR) is 62.7 cm³/mol. The van der Waals surface area contributed by atoms with E-state index in [9.17, 15) is 8.60 Å². The number of hydrogen-bond donors (Lipinski definition) is 0. The standard InChI is InChI=1S/C12H14FNOS/c1-12(2,3)16(15)8-9-4-5-11(13)10(6-9)7-14/h4-6H,8H2,1-3H3. The molecule has 0 aliphatic rings. The SMILES string of the molecule is CC(C)(C)S(=O)Cc1ccc(F)c(C#N)c1. The van der Waals surface area contributed by atoms with Crippen molar-refractivity contribution in [3.63, 3.8) is 0 Å². The molecule has 0 bridgehead atoms. The van der Waals surface area contributed by atoms with Gasteiger partial charge in [-0.05, 0) is 38.5 Å². The van der Waals surface area contributed by atoms with Gasteiger partial charge in [-0.3, -0.25) is 4.21 Å². The van der Waals surface area contributed by atoms with Crippen LogP contribution in [0.1, 0.15) is 31.9 Å². The smallest absolute Gasteiger partial charge is 0.140 e. The molecule has 2 nitrogen and oxygen atoms in total. The number of rotatable bonds is 2. The summed E-state index contributed by atoms with van der Waals surface area (Å²) in [5.41, 5.74) is 0.731. The summed E-state index contributed by atoms with van der Waals surface area (Å²) in [6, 6.07) is 6.04. The van der Waals surface area contributed by atoms with Crippen LogP contribution in [0, 0.1) is 17.1 Å². The van der Waals surface area contributed by atoms with E-state index < -0.39 is 16.6 Å². The maximum absolute atomic E-state index is 13.0. The fourth-order valence-electron chi connectivity index (χ4n) is 1.12. The van der Waals surface area contributed by atoms with E-state index in [4.69, 9.17) is 5.26 Å². The van der Waals surface area contributed by atoms with Gasteiger partial charge in [-0.2, -0.15) is 5.26 Å². The molecule has 0 fully saturated rings. The fraction of sp³-hybridized carbons (Fsp3) is 0.417. The molecule has 1 aromatic rings. The van der Waals surface area contributed by atoms with Crippen LogP contribution in [-0.2, 0) is 16.6 Å². The molecule has 0 heterocycles. The van der Waals surface area contributed by atoms with Crippen molar-refractivity contribution in [2.75, 3.05) is 0 Å². The highest BCUT2D eigenvalue weighted by Gasteiger charge is 2.19. The Morgan fingerprint density at radius 2 is 2.06 bits per heavy atom. The lowest BCUT2D eigenvalue weighted by Gasteiger charge is -2.17. The van der Waals surface area contributed by atoms with E-state index >= 15 is 0 Å². The van der Waals surface area contributed by atoms with Gasteiger partial charge in [0.15, 0.2) is 0 Å². The number of halogens is 1. The Bertz CT molecular complexity index is 457. The van der Waals surface area contributed by atoms with E-state index in [2.05, 4.69) is 0 Å². The first-order valence-corrected chi connectivity index (χ1v) is 6.23. The van der Waals surface area contributed by atoms with Gasteiger partial charge < -0.3 is 0 Å². The summed E-state index contributed by atoms with van der Waals surface area (Å²) in [5, 5.41) is 8.67. The number of nitriles is 1. The molecule has 1 atom stereocenters. The van der Waals surface area contributed by atoms with Crippen LogP contribution in [-0.4, -0.2) is 8.96 Å². The van der Waals surface area contributed by atoms with E-state index in [0.717, 1.165) is 5.56 Å². The van der Waals surface area contributed by atoms with Gasteiger partial charge in [0.2, 0.25) is 0 Å². The van der Waals surface area contributed by atoms with Crippen LogP contribution < -0.4 is 0 Å². The van der Waals surface area contributed by atoms with Gasteiger partial charge in [-0.15, -0.1) is 0 Å². The molecule has 16 heavy (non-hydrogen) atoms. The molecule has 0 amide bonds. The van der Waals surface area contributed by atoms with Gasteiger partial charge in [-0.25, -0.2) is 4.39 Å². The summed E-state index contributed by atoms with van der Waals surface area (Å²) in [6.45, 7) is 5.66. The molecule has 86 valence electrons. The molecule has 4 heteroatoms. The summed E-state index contributed by atoms with van der Waals surface area (Å²) >= 11 is 0. The molecule has 0 saturated carbocycles. The zero-order valence-electron chi connectivity index (χ0n) is 9.58. The largest absolute Gasteiger partial charge is 0.259 e. The Morgan fingerprint density at radius 3 is 2.56 bits per heavy atom. The average Bonchev–Trinajstić information content (AvgIpc) is 2.19. The van der Waals surface area contributed by atoms with Gasteiger partial charge in [0.05, 0.1) is 5.56 Å². The molecular weight excluding hydrogens is 225 g/mol. The van der Waals surface area contributed by atoms with Crippen LogP contribution in [0.5, 0.6) is 0 Å². The maximum atomic E-state index is 13.0. The van der Waals surface area contributed by atoms with Crippen molar-refractivity contribution in [1.82, 2.24) is 0 Å². The number of benzene rings is 1. The van der Waals surface area contributed by atoms with Crippen LogP contribution in [0.2, 0.25) is 0 Å². The Kier molecular flexibility index (Phi) is 3.82. The number of nitrogens with zero attached hydrogens (tertiary/aromatic N) is 1. The quantitative estimate of drug-likeness (QED) is 0.796. The average molecular weight is 239 g/mol. The second-order valence-corrected chi connectivity index (χ2v) is 6.73. The third kappa shape index (κ3) is 3.14. The van der Waals surface area contributed by atoms with Gasteiger partial charge >= 0.3 is 0 Å². The van der Waals surface area contributed by atoms with Gasteiger partial charge in [-0.1, -0.05) is 6.07 Å². The third-order valence-corrected chi connectivity index (χ3v) is 4.09. The molecule has 0 aliphatic carbocycles. The van der Waals surface area contributed by atoms with Crippen LogP contribution in [0.3, 0.4) is 0 Å². The first-order valence-electron chi connectivity index (χ1n) is 4.91. The third-order valence-electron chi connectivity index (χ3n) is 2.13. The highest BCUT2D eigenvalue weighted by Crippen LogP contribution is 2.18. The molecule has 0 N–H and O–H groups in total. The minimum Gasteiger partial charge on any atom is -0.259 e. The van der Waals surface area contributed by atoms with E-state index in [1.165, 1.54) is 12.1 Å². The van der Waals surface area contributed by atoms with Gasteiger partial charge in [0, 0.05) is 21.3 Å². The predicted octanol–water partition coefficient (Wildman–Crippen LogP) is 2.74. The van der Waals surface area contributed by atoms with E-state index in [-0.39, 0.29) is 10.3 Å². The Hall–Kier alpha value is -1.21. The van der Waals surface area contributed by atoms with Crippen LogP contribution in [0.25, 0.3) is 0 Å². The molecule has 1 rings (SSSR count). The maximum Gasteiger partial charge on any atom is 0.140 e. The Morgan fingerprint density at radius 1 is 1.44 bits per heavy atom. The molecular formula is C12H14FNOS. The lowest BCUT2D eigenvalue weighted by atomic mass is 10.1. The summed E-state index contributed by atoms with van der Waals surface area (Å²) in [4.78, 5) is 0. The normalized spacial score (nSPS) is 13.2. The minimum absolute atomic E-state index is 0.00316. The zero-order chi connectivity index (χ0) is 12.3. The molecule has 1 unspecified atom stereocenters.